The molecule has 1 unspecified atom stereocenters. The average molecular weight is 206 g/mol. The molecule has 0 radical (unpaired) electrons. The highest BCUT2D eigenvalue weighted by Gasteiger charge is 2.20. The van der Waals surface area contributed by atoms with Crippen molar-refractivity contribution in [2.45, 2.75) is 25.8 Å². The van der Waals surface area contributed by atoms with E-state index in [0.29, 0.717) is 6.04 Å². The van der Waals surface area contributed by atoms with Crippen LogP contribution in [0, 0.1) is 0 Å². The number of ether oxygens (including phenoxy) is 1. The molecule has 1 atom stereocenters. The summed E-state index contributed by atoms with van der Waals surface area (Å²) in [6.07, 6.45) is 2.52. The predicted octanol–water partition coefficient (Wildman–Crippen LogP) is 2.27. The van der Waals surface area contributed by atoms with E-state index in [1.807, 2.05) is 12.1 Å². The van der Waals surface area contributed by atoms with E-state index in [0.717, 1.165) is 18.0 Å². The molecule has 0 saturated carbocycles. The van der Waals surface area contributed by atoms with Gasteiger partial charge < -0.3 is 15.4 Å². The van der Waals surface area contributed by atoms with Gasteiger partial charge in [-0.05, 0) is 25.8 Å². The zero-order chi connectivity index (χ0) is 10.8. The van der Waals surface area contributed by atoms with Gasteiger partial charge in [0.05, 0.1) is 7.11 Å². The molecule has 0 bridgehead atoms. The number of hydrogen-bond donors (Lipinski definition) is 1. The number of rotatable bonds is 2. The fourth-order valence-electron chi connectivity index (χ4n) is 2.21. The van der Waals surface area contributed by atoms with Gasteiger partial charge in [-0.1, -0.05) is 0 Å². The van der Waals surface area contributed by atoms with Crippen molar-refractivity contribution in [1.82, 2.24) is 0 Å². The van der Waals surface area contributed by atoms with E-state index >= 15 is 0 Å². The fraction of sp³-hybridized carbons (Fsp3) is 0.500. The lowest BCUT2D eigenvalue weighted by Gasteiger charge is -2.24. The quantitative estimate of drug-likeness (QED) is 0.754. The SMILES string of the molecule is COc1cc(N)cc(N2CCCC2C)c1. The van der Waals surface area contributed by atoms with Crippen molar-refractivity contribution in [1.29, 1.82) is 0 Å². The molecule has 0 spiro atoms. The van der Waals surface area contributed by atoms with Gasteiger partial charge in [-0.15, -0.1) is 0 Å². The number of nitrogens with zero attached hydrogens (tertiary/aromatic N) is 1. The van der Waals surface area contributed by atoms with Crippen molar-refractivity contribution >= 4 is 11.4 Å². The van der Waals surface area contributed by atoms with Crippen LogP contribution in [0.2, 0.25) is 0 Å². The van der Waals surface area contributed by atoms with Crippen LogP contribution in [-0.2, 0) is 0 Å². The van der Waals surface area contributed by atoms with Crippen molar-refractivity contribution in [2.24, 2.45) is 0 Å². The molecule has 1 aromatic rings. The van der Waals surface area contributed by atoms with Crippen molar-refractivity contribution in [3.8, 4) is 5.75 Å². The first kappa shape index (κ1) is 10.1. The Hall–Kier alpha value is -1.38. The zero-order valence-electron chi connectivity index (χ0n) is 9.36. The van der Waals surface area contributed by atoms with E-state index < -0.39 is 0 Å². The maximum atomic E-state index is 5.84. The van der Waals surface area contributed by atoms with Gasteiger partial charge in [0.25, 0.3) is 0 Å². The van der Waals surface area contributed by atoms with Crippen molar-refractivity contribution in [2.75, 3.05) is 24.3 Å². The van der Waals surface area contributed by atoms with Crippen LogP contribution in [0.25, 0.3) is 0 Å². The van der Waals surface area contributed by atoms with Gasteiger partial charge in [-0.2, -0.15) is 0 Å². The summed E-state index contributed by atoms with van der Waals surface area (Å²) in [4.78, 5) is 2.39. The molecule has 3 nitrogen and oxygen atoms in total. The summed E-state index contributed by atoms with van der Waals surface area (Å²) in [5.74, 6) is 0.837. The zero-order valence-corrected chi connectivity index (χ0v) is 9.36. The summed E-state index contributed by atoms with van der Waals surface area (Å²) in [7, 11) is 1.67. The second-order valence-corrected chi connectivity index (χ2v) is 4.15. The third-order valence-corrected chi connectivity index (χ3v) is 3.03. The molecule has 1 aliphatic rings. The van der Waals surface area contributed by atoms with Gasteiger partial charge in [-0.25, -0.2) is 0 Å². The molecule has 1 aliphatic heterocycles. The number of anilines is 2. The lowest BCUT2D eigenvalue weighted by atomic mass is 10.2. The second kappa shape index (κ2) is 4.01. The highest BCUT2D eigenvalue weighted by atomic mass is 16.5. The van der Waals surface area contributed by atoms with Crippen molar-refractivity contribution in [3.63, 3.8) is 0 Å². The first-order valence-electron chi connectivity index (χ1n) is 5.42. The standard InChI is InChI=1S/C12H18N2O/c1-9-4-3-5-14(9)11-6-10(13)7-12(8-11)15-2/h6-9H,3-5,13H2,1-2H3. The summed E-state index contributed by atoms with van der Waals surface area (Å²) in [6, 6.07) is 6.53. The lowest BCUT2D eigenvalue weighted by molar-refractivity contribution is 0.415. The molecule has 2 N–H and O–H groups in total. The van der Waals surface area contributed by atoms with Gasteiger partial charge in [0.2, 0.25) is 0 Å². The Labute approximate surface area is 90.8 Å². The van der Waals surface area contributed by atoms with E-state index in [4.69, 9.17) is 10.5 Å². The van der Waals surface area contributed by atoms with Gasteiger partial charge in [0, 0.05) is 36.1 Å². The monoisotopic (exact) mass is 206 g/mol. The Morgan fingerprint density at radius 3 is 2.80 bits per heavy atom. The number of methoxy groups -OCH3 is 1. The molecule has 1 aromatic carbocycles. The summed E-state index contributed by atoms with van der Waals surface area (Å²) >= 11 is 0. The van der Waals surface area contributed by atoms with Crippen LogP contribution in [0.4, 0.5) is 11.4 Å². The van der Waals surface area contributed by atoms with Crippen LogP contribution in [0.3, 0.4) is 0 Å². The van der Waals surface area contributed by atoms with Crippen molar-refractivity contribution < 1.29 is 4.74 Å². The highest BCUT2D eigenvalue weighted by molar-refractivity contribution is 5.61. The third-order valence-electron chi connectivity index (χ3n) is 3.03. The van der Waals surface area contributed by atoms with Crippen LogP contribution >= 0.6 is 0 Å². The molecule has 15 heavy (non-hydrogen) atoms. The molecule has 82 valence electrons. The first-order chi connectivity index (χ1) is 7.20. The number of hydrogen-bond acceptors (Lipinski definition) is 3. The predicted molar refractivity (Wildman–Crippen MR) is 63.4 cm³/mol. The number of nitrogen functional groups attached to an aromatic ring is 1. The van der Waals surface area contributed by atoms with Crippen molar-refractivity contribution in [3.05, 3.63) is 18.2 Å². The molecule has 2 rings (SSSR count). The Balaban J connectivity index is 2.30. The fourth-order valence-corrected chi connectivity index (χ4v) is 2.21. The van der Waals surface area contributed by atoms with Crippen LogP contribution in [0.5, 0.6) is 5.75 Å². The minimum atomic E-state index is 0.608. The molecule has 0 amide bonds. The first-order valence-corrected chi connectivity index (χ1v) is 5.42. The molecular formula is C12H18N2O. The minimum absolute atomic E-state index is 0.608. The average Bonchev–Trinajstić information content (AvgIpc) is 2.63. The molecule has 1 heterocycles. The highest BCUT2D eigenvalue weighted by Crippen LogP contribution is 2.30. The molecule has 1 saturated heterocycles. The Morgan fingerprint density at radius 2 is 2.20 bits per heavy atom. The van der Waals surface area contributed by atoms with Gasteiger partial charge in [0.15, 0.2) is 0 Å². The molecule has 0 aromatic heterocycles. The number of nitrogens with two attached hydrogens (primary N) is 1. The smallest absolute Gasteiger partial charge is 0.122 e. The van der Waals surface area contributed by atoms with E-state index in [1.54, 1.807) is 7.11 Å². The second-order valence-electron chi connectivity index (χ2n) is 4.15. The Bertz CT molecular complexity index is 351. The largest absolute Gasteiger partial charge is 0.497 e. The van der Waals surface area contributed by atoms with Crippen LogP contribution in [0.15, 0.2) is 18.2 Å². The summed E-state index contributed by atoms with van der Waals surface area (Å²) in [5, 5.41) is 0. The summed E-state index contributed by atoms with van der Waals surface area (Å²) in [5.41, 5.74) is 7.79. The molecule has 3 heteroatoms. The molecule has 1 fully saturated rings. The summed E-state index contributed by atoms with van der Waals surface area (Å²) in [6.45, 7) is 3.37. The van der Waals surface area contributed by atoms with E-state index in [-0.39, 0.29) is 0 Å². The number of benzene rings is 1. The normalized spacial score (nSPS) is 20.7. The Kier molecular flexibility index (Phi) is 2.71. The summed E-state index contributed by atoms with van der Waals surface area (Å²) < 4.78 is 5.22. The van der Waals surface area contributed by atoms with Crippen LogP contribution in [0.1, 0.15) is 19.8 Å². The van der Waals surface area contributed by atoms with Gasteiger partial charge >= 0.3 is 0 Å². The van der Waals surface area contributed by atoms with Crippen LogP contribution < -0.4 is 15.4 Å². The maximum absolute atomic E-state index is 5.84. The minimum Gasteiger partial charge on any atom is -0.497 e. The third kappa shape index (κ3) is 2.01. The van der Waals surface area contributed by atoms with Crippen LogP contribution in [-0.4, -0.2) is 19.7 Å². The van der Waals surface area contributed by atoms with Gasteiger partial charge in [0.1, 0.15) is 5.75 Å². The van der Waals surface area contributed by atoms with E-state index in [1.165, 1.54) is 18.5 Å². The Morgan fingerprint density at radius 1 is 1.40 bits per heavy atom. The molecule has 0 aliphatic carbocycles. The lowest BCUT2D eigenvalue weighted by Crippen LogP contribution is -2.26. The molecular weight excluding hydrogens is 188 g/mol. The van der Waals surface area contributed by atoms with E-state index in [9.17, 15) is 0 Å². The topological polar surface area (TPSA) is 38.5 Å². The van der Waals surface area contributed by atoms with Gasteiger partial charge in [-0.3, -0.25) is 0 Å². The maximum Gasteiger partial charge on any atom is 0.122 e. The van der Waals surface area contributed by atoms with E-state index in [2.05, 4.69) is 17.9 Å².